The maximum Gasteiger partial charge on any atom is -0.00969 e. The third kappa shape index (κ3) is 7.20. The molecule has 0 N–H and O–H groups in total. The number of allylic oxidation sites excluding steroid dienone is 10. The molecule has 1 fully saturated rings. The van der Waals surface area contributed by atoms with Crippen LogP contribution in [-0.2, 0) is 30.7 Å². The van der Waals surface area contributed by atoms with Crippen molar-refractivity contribution in [1.29, 1.82) is 0 Å². The van der Waals surface area contributed by atoms with Crippen LogP contribution < -0.4 is 24.8 Å². The van der Waals surface area contributed by atoms with Crippen molar-refractivity contribution in [2.45, 2.75) is 133 Å². The number of fused-ring (bicyclic) bond motifs is 6. The normalized spacial score (nSPS) is 25.0. The molecule has 0 amide bonds. The van der Waals surface area contributed by atoms with Gasteiger partial charge in [-0.15, -0.1) is 13.3 Å². The maximum atomic E-state index is 2.99. The Morgan fingerprint density at radius 1 is 0.913 bits per heavy atom. The third-order valence-corrected chi connectivity index (χ3v) is 14.3. The van der Waals surface area contributed by atoms with Gasteiger partial charge >= 0.3 is 79.8 Å². The Morgan fingerprint density at radius 3 is 2.09 bits per heavy atom. The van der Waals surface area contributed by atoms with Gasteiger partial charge in [0, 0.05) is 0 Å². The zero-order valence-corrected chi connectivity index (χ0v) is 34.6. The van der Waals surface area contributed by atoms with Gasteiger partial charge in [0.2, 0.25) is 0 Å². The van der Waals surface area contributed by atoms with E-state index in [1.165, 1.54) is 62.5 Å². The summed E-state index contributed by atoms with van der Waals surface area (Å²) < 4.78 is 1.79. The van der Waals surface area contributed by atoms with Gasteiger partial charge in [0.15, 0.2) is 0 Å². The van der Waals surface area contributed by atoms with Crippen molar-refractivity contribution >= 4 is 8.78 Å². The van der Waals surface area contributed by atoms with Crippen molar-refractivity contribution in [1.82, 2.24) is 0 Å². The average Bonchev–Trinajstić information content (AvgIpc) is 3.71. The molecule has 0 bridgehead atoms. The van der Waals surface area contributed by atoms with Crippen molar-refractivity contribution in [2.24, 2.45) is 27.6 Å². The van der Waals surface area contributed by atoms with E-state index in [0.29, 0.717) is 5.92 Å². The first-order valence-electron chi connectivity index (χ1n) is 17.6. The Morgan fingerprint density at radius 2 is 1.54 bits per heavy atom. The summed E-state index contributed by atoms with van der Waals surface area (Å²) in [5, 5.41) is 0. The molecule has 0 radical (unpaired) electrons. The Balaban J connectivity index is 0.000000362. The molecule has 6 rings (SSSR count). The Kier molecular flexibility index (Phi) is 15.0. The molecule has 0 aliphatic heterocycles. The summed E-state index contributed by atoms with van der Waals surface area (Å²) in [7, 11) is 0. The van der Waals surface area contributed by atoms with Crippen LogP contribution in [0.3, 0.4) is 0 Å². The van der Waals surface area contributed by atoms with Crippen molar-refractivity contribution < 1.29 is 49.0 Å². The summed E-state index contributed by atoms with van der Waals surface area (Å²) in [6, 6.07) is 9.16. The van der Waals surface area contributed by atoms with Gasteiger partial charge in [-0.2, -0.15) is 17.2 Å². The van der Waals surface area contributed by atoms with Gasteiger partial charge in [-0.1, -0.05) is 113 Å². The molecule has 1 saturated carbocycles. The van der Waals surface area contributed by atoms with E-state index in [1.54, 1.807) is 55.7 Å². The molecule has 1 aromatic carbocycles. The van der Waals surface area contributed by atoms with Gasteiger partial charge in [0.25, 0.3) is 0 Å². The standard InChI is InChI=1S/C29H37.C9H18.C5H5.2ClH.Zr/c1-18-25-22-17-19-13-9-10-14-20(19)24(22)21-15-11-12-16-23(21)29(25,8)28(6,7)27(4,5)26(18,2)3;1-3-5-7-9-8-6-4-2;1-2-4-5-3-1;;;/h9-11,13-15,23H,12,16-17H2,1-8H3;3-8H2,1-2H3;1-3H,4H2;2*1H;/q-1;;-1;;;+2/p-2. The molecular formula is C43H60Cl2Zr-2. The quantitative estimate of drug-likeness (QED) is 0.298. The van der Waals surface area contributed by atoms with Crippen LogP contribution in [0.5, 0.6) is 0 Å². The van der Waals surface area contributed by atoms with Crippen molar-refractivity contribution in [2.75, 3.05) is 0 Å². The molecule has 0 aromatic heterocycles. The number of benzene rings is 1. The number of hydrogen-bond acceptors (Lipinski definition) is 0. The molecular weight excluding hydrogens is 679 g/mol. The Bertz CT molecular complexity index is 1340. The van der Waals surface area contributed by atoms with Gasteiger partial charge < -0.3 is 24.8 Å². The zero-order chi connectivity index (χ0) is 32.3. The summed E-state index contributed by atoms with van der Waals surface area (Å²) >= 11 is 1.67. The van der Waals surface area contributed by atoms with E-state index in [0.717, 1.165) is 12.8 Å². The minimum Gasteiger partial charge on any atom is -1.00 e. The largest absolute Gasteiger partial charge is 1.00 e. The van der Waals surface area contributed by atoms with E-state index in [1.807, 2.05) is 12.2 Å². The molecule has 252 valence electrons. The second-order valence-corrected chi connectivity index (χ2v) is 17.3. The first kappa shape index (κ1) is 41.3. The molecule has 5 aliphatic carbocycles. The summed E-state index contributed by atoms with van der Waals surface area (Å²) in [5.41, 5.74) is 10.3. The third-order valence-electron chi connectivity index (χ3n) is 13.0. The summed E-state index contributed by atoms with van der Waals surface area (Å²) in [6.07, 6.45) is 26.8. The number of hydrogen-bond donors (Lipinski definition) is 0. The monoisotopic (exact) mass is 736 g/mol. The fourth-order valence-electron chi connectivity index (χ4n) is 8.81. The van der Waals surface area contributed by atoms with Gasteiger partial charge in [-0.25, -0.2) is 18.1 Å². The molecule has 0 nitrogen and oxygen atoms in total. The fourth-order valence-corrected chi connectivity index (χ4v) is 9.68. The Labute approximate surface area is 311 Å². The fraction of sp³-hybridized carbons (Fsp3) is 0.581. The van der Waals surface area contributed by atoms with Crippen LogP contribution in [0.15, 0.2) is 71.4 Å². The predicted octanol–water partition coefficient (Wildman–Crippen LogP) is 6.37. The summed E-state index contributed by atoms with van der Waals surface area (Å²) in [4.78, 5) is 0. The van der Waals surface area contributed by atoms with E-state index in [-0.39, 0.29) is 46.5 Å². The van der Waals surface area contributed by atoms with Gasteiger partial charge in [0.05, 0.1) is 0 Å². The average molecular weight is 739 g/mol. The molecule has 0 heterocycles. The van der Waals surface area contributed by atoms with Crippen LogP contribution in [-0.4, -0.2) is 3.21 Å². The van der Waals surface area contributed by atoms with E-state index in [9.17, 15) is 0 Å². The molecule has 2 unspecified atom stereocenters. The minimum absolute atomic E-state index is 0. The molecule has 3 heteroatoms. The number of rotatable bonds is 6. The number of unbranched alkanes of at least 4 members (excludes halogenated alkanes) is 2. The topological polar surface area (TPSA) is 0 Å². The molecule has 2 atom stereocenters. The SMILES string of the molecule is CCCC[C](=[Zr+2])CCCC.C[C-]1C2=C3Cc4ccccc4C3=C3C=CCCC3C2(C)C(C)(C)C(C)(C)C1(C)C.[C-]1=CC=CC1.[Cl-].[Cl-]. The van der Waals surface area contributed by atoms with Crippen LogP contribution >= 0.6 is 0 Å². The van der Waals surface area contributed by atoms with Gasteiger partial charge in [-0.05, 0) is 40.6 Å². The van der Waals surface area contributed by atoms with E-state index in [4.69, 9.17) is 0 Å². The van der Waals surface area contributed by atoms with Crippen LogP contribution in [0.25, 0.3) is 5.57 Å². The predicted molar refractivity (Wildman–Crippen MR) is 190 cm³/mol. The van der Waals surface area contributed by atoms with Crippen LogP contribution in [0.2, 0.25) is 0 Å². The zero-order valence-electron chi connectivity index (χ0n) is 30.6. The van der Waals surface area contributed by atoms with Crippen molar-refractivity contribution in [3.8, 4) is 0 Å². The second kappa shape index (κ2) is 16.7. The summed E-state index contributed by atoms with van der Waals surface area (Å²) in [6.45, 7) is 24.8. The van der Waals surface area contributed by atoms with E-state index in [2.05, 4.69) is 118 Å². The first-order valence-corrected chi connectivity index (χ1v) is 18.9. The molecule has 46 heavy (non-hydrogen) atoms. The summed E-state index contributed by atoms with van der Waals surface area (Å²) in [5.74, 6) is 2.24. The van der Waals surface area contributed by atoms with E-state index >= 15 is 0 Å². The van der Waals surface area contributed by atoms with Crippen molar-refractivity contribution in [3.63, 3.8) is 0 Å². The Hall–Kier alpha value is -0.877. The molecule has 1 aromatic rings. The van der Waals surface area contributed by atoms with Crippen LogP contribution in [0.1, 0.15) is 138 Å². The van der Waals surface area contributed by atoms with Gasteiger partial charge in [-0.3, -0.25) is 6.08 Å². The first-order chi connectivity index (χ1) is 20.8. The molecule has 0 spiro atoms. The molecule has 0 saturated heterocycles. The number of halogens is 2. The van der Waals surface area contributed by atoms with Crippen LogP contribution in [0, 0.1) is 39.6 Å². The smallest absolute Gasteiger partial charge is 0.00969 e. The van der Waals surface area contributed by atoms with Crippen LogP contribution in [0.4, 0.5) is 0 Å². The van der Waals surface area contributed by atoms with Crippen molar-refractivity contribution in [3.05, 3.63) is 94.5 Å². The minimum atomic E-state index is 0. The second-order valence-electron chi connectivity index (χ2n) is 15.6. The molecule has 5 aliphatic rings. The maximum absolute atomic E-state index is 2.99. The van der Waals surface area contributed by atoms with Gasteiger partial charge in [0.1, 0.15) is 0 Å². The van der Waals surface area contributed by atoms with E-state index < -0.39 is 0 Å².